The first kappa shape index (κ1) is 22.4. The Labute approximate surface area is 188 Å². The number of benzene rings is 4. The van der Waals surface area contributed by atoms with E-state index in [2.05, 4.69) is 0 Å². The molecule has 6 heteroatoms. The van der Waals surface area contributed by atoms with Crippen molar-refractivity contribution in [2.45, 2.75) is 6.92 Å². The van der Waals surface area contributed by atoms with Gasteiger partial charge in [-0.15, -0.1) is 0 Å². The van der Waals surface area contributed by atoms with E-state index in [0.29, 0.717) is 10.7 Å². The minimum absolute atomic E-state index is 0.128. The number of rotatable bonds is 6. The van der Waals surface area contributed by atoms with Gasteiger partial charge in [-0.05, 0) is 0 Å². The molecule has 4 aromatic carbocycles. The van der Waals surface area contributed by atoms with E-state index in [1.54, 1.807) is 91.0 Å². The second-order valence-corrected chi connectivity index (χ2v) is 17.9. The van der Waals surface area contributed by atoms with Gasteiger partial charge in [-0.3, -0.25) is 0 Å². The molecule has 0 aliphatic heterocycles. The van der Waals surface area contributed by atoms with Crippen LogP contribution >= 0.6 is 0 Å². The van der Waals surface area contributed by atoms with Crippen molar-refractivity contribution in [1.29, 1.82) is 0 Å². The van der Waals surface area contributed by atoms with Gasteiger partial charge in [0.1, 0.15) is 0 Å². The summed E-state index contributed by atoms with van der Waals surface area (Å²) in [7, 11) is 0. The first-order valence-electron chi connectivity index (χ1n) is 10.2. The molecule has 4 rings (SSSR count). The van der Waals surface area contributed by atoms with Gasteiger partial charge < -0.3 is 0 Å². The quantitative estimate of drug-likeness (QED) is 0.203. The van der Waals surface area contributed by atoms with E-state index in [9.17, 15) is 0 Å². The van der Waals surface area contributed by atoms with Gasteiger partial charge in [0.2, 0.25) is 0 Å². The summed E-state index contributed by atoms with van der Waals surface area (Å²) in [6.07, 6.45) is 0. The van der Waals surface area contributed by atoms with Crippen molar-refractivity contribution in [3.8, 4) is 5.75 Å². The van der Waals surface area contributed by atoms with Crippen LogP contribution in [0.25, 0.3) is 0 Å². The van der Waals surface area contributed by atoms with Crippen molar-refractivity contribution in [2.24, 2.45) is 0 Å². The van der Waals surface area contributed by atoms with E-state index >= 15 is 17.6 Å². The molecule has 0 fully saturated rings. The molecule has 0 atom stereocenters. The second kappa shape index (κ2) is 9.36. The summed E-state index contributed by atoms with van der Waals surface area (Å²) >= 11 is -4.87. The van der Waals surface area contributed by atoms with Gasteiger partial charge in [0.05, 0.1) is 0 Å². The molecular formula is C26H20F4OSn. The SMILES string of the molecule is CCOc1c(F)c(F)[c]([Sn]([c]2ccccc2)([c]2ccccc2)[c]2ccccc2)c(F)c1F. The Hall–Kier alpha value is -2.80. The number of hydrogen-bond donors (Lipinski definition) is 0. The summed E-state index contributed by atoms with van der Waals surface area (Å²) in [5, 5.41) is 0. The van der Waals surface area contributed by atoms with Crippen LogP contribution in [0.2, 0.25) is 0 Å². The molecule has 32 heavy (non-hydrogen) atoms. The molecule has 0 saturated carbocycles. The fourth-order valence-corrected chi connectivity index (χ4v) is 18.0. The first-order valence-corrected chi connectivity index (χ1v) is 15.9. The van der Waals surface area contributed by atoms with Gasteiger partial charge in [0, 0.05) is 0 Å². The zero-order valence-corrected chi connectivity index (χ0v) is 20.1. The van der Waals surface area contributed by atoms with Crippen molar-refractivity contribution in [3.63, 3.8) is 0 Å². The van der Waals surface area contributed by atoms with E-state index in [0.717, 1.165) is 0 Å². The van der Waals surface area contributed by atoms with E-state index in [-0.39, 0.29) is 6.61 Å². The third kappa shape index (κ3) is 3.58. The maximum absolute atomic E-state index is 15.8. The second-order valence-electron chi connectivity index (χ2n) is 7.24. The molecule has 0 aromatic heterocycles. The van der Waals surface area contributed by atoms with Gasteiger partial charge in [-0.1, -0.05) is 0 Å². The Morgan fingerprint density at radius 3 is 1.22 bits per heavy atom. The Bertz CT molecular complexity index is 1090. The van der Waals surface area contributed by atoms with Gasteiger partial charge in [0.15, 0.2) is 0 Å². The normalized spacial score (nSPS) is 11.4. The van der Waals surface area contributed by atoms with Gasteiger partial charge in [0.25, 0.3) is 0 Å². The van der Waals surface area contributed by atoms with E-state index in [1.165, 1.54) is 6.92 Å². The third-order valence-electron chi connectivity index (χ3n) is 5.51. The molecule has 0 aliphatic carbocycles. The molecule has 0 saturated heterocycles. The van der Waals surface area contributed by atoms with E-state index in [1.807, 2.05) is 0 Å². The third-order valence-corrected chi connectivity index (χ3v) is 19.2. The summed E-state index contributed by atoms with van der Waals surface area (Å²) < 4.78 is 68.1. The van der Waals surface area contributed by atoms with Crippen molar-refractivity contribution >= 4 is 32.7 Å². The van der Waals surface area contributed by atoms with Crippen LogP contribution in [0.1, 0.15) is 6.92 Å². The zero-order chi connectivity index (χ0) is 22.7. The molecule has 0 aliphatic rings. The number of halogens is 4. The summed E-state index contributed by atoms with van der Waals surface area (Å²) in [5.74, 6) is -6.85. The van der Waals surface area contributed by atoms with Crippen LogP contribution in [0, 0.1) is 23.3 Å². The summed E-state index contributed by atoms with van der Waals surface area (Å²) in [6, 6.07) is 26.7. The fraction of sp³-hybridized carbons (Fsp3) is 0.0769. The van der Waals surface area contributed by atoms with Crippen LogP contribution in [0.4, 0.5) is 17.6 Å². The summed E-state index contributed by atoms with van der Waals surface area (Å²) in [6.45, 7) is 1.36. The van der Waals surface area contributed by atoms with Crippen molar-refractivity contribution in [1.82, 2.24) is 0 Å². The molecule has 0 heterocycles. The Morgan fingerprint density at radius 2 is 0.906 bits per heavy atom. The molecule has 0 radical (unpaired) electrons. The molecule has 0 spiro atoms. The molecule has 0 N–H and O–H groups in total. The summed E-state index contributed by atoms with van der Waals surface area (Å²) in [5.41, 5.74) is 0. The van der Waals surface area contributed by atoms with Gasteiger partial charge in [-0.2, -0.15) is 0 Å². The molecule has 0 unspecified atom stereocenters. The topological polar surface area (TPSA) is 9.23 Å². The molecular weight excluding hydrogens is 523 g/mol. The van der Waals surface area contributed by atoms with Crippen molar-refractivity contribution in [3.05, 3.63) is 114 Å². The van der Waals surface area contributed by atoms with Crippen LogP contribution in [0.3, 0.4) is 0 Å². The first-order chi connectivity index (χ1) is 15.5. The predicted molar refractivity (Wildman–Crippen MR) is 121 cm³/mol. The van der Waals surface area contributed by atoms with Crippen LogP contribution in [0.5, 0.6) is 5.75 Å². The molecule has 0 bridgehead atoms. The standard InChI is InChI=1S/C8H5F4O.3C6H5.Sn/c1-2-13-8-6(11)4(9)3-5(10)7(8)12;3*1-2-4-6-5-3-1;/h2H2,1H3;3*1-5H;. The van der Waals surface area contributed by atoms with Crippen LogP contribution in [0.15, 0.2) is 91.0 Å². The van der Waals surface area contributed by atoms with Gasteiger partial charge >= 0.3 is 189 Å². The van der Waals surface area contributed by atoms with E-state index in [4.69, 9.17) is 4.74 Å². The fourth-order valence-electron chi connectivity index (χ4n) is 4.21. The van der Waals surface area contributed by atoms with Crippen molar-refractivity contribution < 1.29 is 22.3 Å². The molecule has 1 nitrogen and oxygen atoms in total. The van der Waals surface area contributed by atoms with Crippen LogP contribution < -0.4 is 19.1 Å². The monoisotopic (exact) mass is 544 g/mol. The van der Waals surface area contributed by atoms with Crippen LogP contribution in [-0.4, -0.2) is 25.0 Å². The minimum atomic E-state index is -4.87. The van der Waals surface area contributed by atoms with E-state index < -0.39 is 51.0 Å². The molecule has 0 amide bonds. The molecule has 4 aromatic rings. The maximum atomic E-state index is 15.8. The average Bonchev–Trinajstić information content (AvgIpc) is 2.85. The molecule has 162 valence electrons. The Kier molecular flexibility index (Phi) is 6.55. The van der Waals surface area contributed by atoms with Crippen molar-refractivity contribution in [2.75, 3.05) is 6.61 Å². The average molecular weight is 543 g/mol. The predicted octanol–water partition coefficient (Wildman–Crippen LogP) is 4.02. The van der Waals surface area contributed by atoms with Gasteiger partial charge in [-0.25, -0.2) is 0 Å². The van der Waals surface area contributed by atoms with Crippen LogP contribution in [-0.2, 0) is 0 Å². The number of ether oxygens (including phenoxy) is 1. The zero-order valence-electron chi connectivity index (χ0n) is 17.3. The summed E-state index contributed by atoms with van der Waals surface area (Å²) in [4.78, 5) is 0. The number of hydrogen-bond acceptors (Lipinski definition) is 1. The Balaban J connectivity index is 2.23. The Morgan fingerprint density at radius 1 is 0.562 bits per heavy atom.